The fraction of sp³-hybridized carbons (Fsp3) is 1.00. The van der Waals surface area contributed by atoms with Crippen LogP contribution in [0.25, 0.3) is 0 Å². The molecule has 1 aliphatic rings. The third kappa shape index (κ3) is 1.41. The molecule has 0 saturated carbocycles. The number of epoxide rings is 1. The summed E-state index contributed by atoms with van der Waals surface area (Å²) in [5.74, 6) is 0.458. The molecule has 0 radical (unpaired) electrons. The number of nitrogens with one attached hydrogen (secondary N) is 1. The van der Waals surface area contributed by atoms with E-state index in [0.29, 0.717) is 11.9 Å². The molecule has 0 aromatic rings. The van der Waals surface area contributed by atoms with E-state index in [-0.39, 0.29) is 0 Å². The molecule has 1 aliphatic heterocycles. The van der Waals surface area contributed by atoms with E-state index in [1.807, 2.05) is 7.98 Å². The summed E-state index contributed by atoms with van der Waals surface area (Å²) in [4.78, 5) is 0. The summed E-state index contributed by atoms with van der Waals surface area (Å²) in [7, 11) is 4.61. The van der Waals surface area contributed by atoms with Crippen molar-refractivity contribution in [3.05, 3.63) is 0 Å². The fourth-order valence-corrected chi connectivity index (χ4v) is 0.671. The normalized spacial score (nSPS) is 32.4. The lowest BCUT2D eigenvalue weighted by Crippen LogP contribution is -2.24. The van der Waals surface area contributed by atoms with E-state index in [0.717, 1.165) is 6.61 Å². The first-order valence-corrected chi connectivity index (χ1v) is 3.05. The molecule has 1 fully saturated rings. The Morgan fingerprint density at radius 1 is 2.00 bits per heavy atom. The first-order chi connectivity index (χ1) is 3.34. The van der Waals surface area contributed by atoms with Crippen molar-refractivity contribution in [1.29, 1.82) is 0 Å². The molecule has 2 nitrogen and oxygen atoms in total. The van der Waals surface area contributed by atoms with Gasteiger partial charge < -0.3 is 9.96 Å². The predicted octanol–water partition coefficient (Wildman–Crippen LogP) is -1.28. The largest absolute Gasteiger partial charge is 0.371 e. The van der Waals surface area contributed by atoms with Crippen LogP contribution < -0.4 is 5.23 Å². The first kappa shape index (κ1) is 5.55. The summed E-state index contributed by atoms with van der Waals surface area (Å²) < 4.78 is 4.98. The van der Waals surface area contributed by atoms with Gasteiger partial charge in [-0.1, -0.05) is 0 Å². The summed E-state index contributed by atoms with van der Waals surface area (Å²) in [5, 5.41) is 3.06. The molecule has 3 atom stereocenters. The number of hydrogen-bond donors (Lipinski definition) is 1. The second-order valence-electron chi connectivity index (χ2n) is 1.69. The van der Waals surface area contributed by atoms with Crippen molar-refractivity contribution in [2.75, 3.05) is 6.61 Å². The molecule has 1 N–H and O–H groups in total. The van der Waals surface area contributed by atoms with Crippen molar-refractivity contribution < 1.29 is 4.74 Å². The second-order valence-corrected chi connectivity index (χ2v) is 2.40. The summed E-state index contributed by atoms with van der Waals surface area (Å²) in [6.07, 6.45) is 0.468. The van der Waals surface area contributed by atoms with E-state index in [4.69, 9.17) is 4.74 Å². The minimum absolute atomic E-state index is 0.458. The zero-order valence-electron chi connectivity index (χ0n) is 4.35. The van der Waals surface area contributed by atoms with Gasteiger partial charge in [0.05, 0.1) is 12.7 Å². The molecule has 7 heavy (non-hydrogen) atoms. The minimum atomic E-state index is 0.458. The molecule has 0 spiro atoms. The molecule has 0 aromatic carbocycles. The highest BCUT2D eigenvalue weighted by Gasteiger charge is 2.27. The first-order valence-electron chi connectivity index (χ1n) is 2.39. The van der Waals surface area contributed by atoms with Crippen LogP contribution in [0.5, 0.6) is 0 Å². The number of rotatable bonds is 2. The van der Waals surface area contributed by atoms with E-state index in [2.05, 4.69) is 14.5 Å². The standard InChI is InChI=1S/C3H9BNOP/c4-5-3(7)2-1-6-2/h2-3,5H,1,4,7H2. The topological polar surface area (TPSA) is 24.6 Å². The van der Waals surface area contributed by atoms with Crippen LogP contribution in [-0.2, 0) is 4.74 Å². The van der Waals surface area contributed by atoms with Crippen LogP contribution in [0.15, 0.2) is 0 Å². The van der Waals surface area contributed by atoms with Crippen molar-refractivity contribution in [2.24, 2.45) is 0 Å². The quantitative estimate of drug-likeness (QED) is 0.277. The Morgan fingerprint density at radius 2 is 2.57 bits per heavy atom. The van der Waals surface area contributed by atoms with Gasteiger partial charge in [-0.3, -0.25) is 0 Å². The maximum absolute atomic E-state index is 4.98. The van der Waals surface area contributed by atoms with Crippen LogP contribution in [0.4, 0.5) is 0 Å². The number of hydrogen-bond acceptors (Lipinski definition) is 2. The molecule has 0 aromatic heterocycles. The van der Waals surface area contributed by atoms with Gasteiger partial charge in [0, 0.05) is 5.78 Å². The summed E-state index contributed by atoms with van der Waals surface area (Å²) in [5.41, 5.74) is 0. The smallest absolute Gasteiger partial charge is 0.182 e. The average Bonchev–Trinajstić information content (AvgIpc) is 2.44. The van der Waals surface area contributed by atoms with Crippen LogP contribution in [0, 0.1) is 0 Å². The molecule has 0 bridgehead atoms. The van der Waals surface area contributed by atoms with Crippen molar-refractivity contribution in [2.45, 2.75) is 11.9 Å². The van der Waals surface area contributed by atoms with Gasteiger partial charge in [0.25, 0.3) is 0 Å². The van der Waals surface area contributed by atoms with Gasteiger partial charge in [0.1, 0.15) is 0 Å². The maximum atomic E-state index is 4.98. The van der Waals surface area contributed by atoms with E-state index < -0.39 is 0 Å². The third-order valence-electron chi connectivity index (χ3n) is 1.09. The van der Waals surface area contributed by atoms with Crippen molar-refractivity contribution in [3.8, 4) is 0 Å². The Bertz CT molecular complexity index is 68.0. The van der Waals surface area contributed by atoms with Crippen LogP contribution in [0.1, 0.15) is 0 Å². The lowest BCUT2D eigenvalue weighted by molar-refractivity contribution is 0.398. The molecule has 0 aliphatic carbocycles. The molecule has 1 saturated heterocycles. The van der Waals surface area contributed by atoms with E-state index >= 15 is 0 Å². The lowest BCUT2D eigenvalue weighted by Gasteiger charge is -2.02. The minimum Gasteiger partial charge on any atom is -0.371 e. The Morgan fingerprint density at radius 3 is 2.71 bits per heavy atom. The van der Waals surface area contributed by atoms with Gasteiger partial charge >= 0.3 is 0 Å². The molecule has 0 amide bonds. The molecule has 4 heteroatoms. The molecule has 1 heterocycles. The summed E-state index contributed by atoms with van der Waals surface area (Å²) >= 11 is 0. The zero-order chi connectivity index (χ0) is 5.28. The van der Waals surface area contributed by atoms with Crippen molar-refractivity contribution >= 4 is 17.2 Å². The Kier molecular flexibility index (Phi) is 1.68. The molecule has 1 rings (SSSR count). The summed E-state index contributed by atoms with van der Waals surface area (Å²) in [6, 6.07) is 0. The van der Waals surface area contributed by atoms with Gasteiger partial charge in [-0.25, -0.2) is 0 Å². The van der Waals surface area contributed by atoms with Crippen LogP contribution in [-0.4, -0.2) is 26.5 Å². The molecular weight excluding hydrogens is 108 g/mol. The van der Waals surface area contributed by atoms with Gasteiger partial charge in [-0.05, 0) is 0 Å². The van der Waals surface area contributed by atoms with Crippen molar-refractivity contribution in [1.82, 2.24) is 5.23 Å². The second kappa shape index (κ2) is 2.12. The molecule has 3 unspecified atom stereocenters. The summed E-state index contributed by atoms with van der Waals surface area (Å²) in [6.45, 7) is 0.926. The van der Waals surface area contributed by atoms with Crippen LogP contribution in [0.3, 0.4) is 0 Å². The van der Waals surface area contributed by atoms with E-state index in [1.54, 1.807) is 0 Å². The highest BCUT2D eigenvalue weighted by atomic mass is 31.0. The Hall–Kier alpha value is 0.415. The number of ether oxygens (including phenoxy) is 1. The molecule has 40 valence electrons. The SMILES string of the molecule is BNC(P)C1CO1. The zero-order valence-corrected chi connectivity index (χ0v) is 5.50. The third-order valence-corrected chi connectivity index (χ3v) is 1.86. The van der Waals surface area contributed by atoms with Gasteiger partial charge in [-0.2, -0.15) is 0 Å². The highest BCUT2D eigenvalue weighted by molar-refractivity contribution is 7.17. The predicted molar refractivity (Wildman–Crippen MR) is 34.9 cm³/mol. The maximum Gasteiger partial charge on any atom is 0.182 e. The molecular formula is C3H9BNOP. The lowest BCUT2D eigenvalue weighted by atomic mass is 10.3. The Labute approximate surface area is 46.6 Å². The highest BCUT2D eigenvalue weighted by Crippen LogP contribution is 2.17. The Balaban J connectivity index is 2.10. The van der Waals surface area contributed by atoms with Gasteiger partial charge in [0.15, 0.2) is 7.98 Å². The van der Waals surface area contributed by atoms with Crippen LogP contribution >= 0.6 is 9.24 Å². The van der Waals surface area contributed by atoms with Crippen LogP contribution in [0.2, 0.25) is 0 Å². The monoisotopic (exact) mass is 117 g/mol. The van der Waals surface area contributed by atoms with E-state index in [1.165, 1.54) is 0 Å². The van der Waals surface area contributed by atoms with E-state index in [9.17, 15) is 0 Å². The fourth-order valence-electron chi connectivity index (χ4n) is 0.449. The average molecular weight is 117 g/mol. The van der Waals surface area contributed by atoms with Gasteiger partial charge in [-0.15, -0.1) is 9.24 Å². The van der Waals surface area contributed by atoms with Crippen molar-refractivity contribution in [3.63, 3.8) is 0 Å². The van der Waals surface area contributed by atoms with Gasteiger partial charge in [0.2, 0.25) is 0 Å².